The molecular weight excluding hydrogens is 350 g/mol. The van der Waals surface area contributed by atoms with Crippen LogP contribution in [0.3, 0.4) is 0 Å². The van der Waals surface area contributed by atoms with Gasteiger partial charge in [-0.2, -0.15) is 5.26 Å². The second-order valence-electron chi connectivity index (χ2n) is 5.86. The lowest BCUT2D eigenvalue weighted by molar-refractivity contribution is 0.0159. The Hall–Kier alpha value is -3.47. The van der Waals surface area contributed by atoms with Crippen LogP contribution in [0.5, 0.6) is 23.1 Å². The monoisotopic (exact) mass is 369 g/mol. The topological polar surface area (TPSA) is 93.9 Å². The number of carbonyl (C=O) groups is 1. The molecular formula is C19H19N3O5. The second kappa shape index (κ2) is 7.83. The molecule has 0 atom stereocenters. The van der Waals surface area contributed by atoms with E-state index in [4.69, 9.17) is 24.2 Å². The zero-order valence-electron chi connectivity index (χ0n) is 15.3. The Morgan fingerprint density at radius 3 is 2.37 bits per heavy atom. The smallest absolute Gasteiger partial charge is 0.254 e. The van der Waals surface area contributed by atoms with Crippen LogP contribution in [0, 0.1) is 11.3 Å². The molecule has 1 aromatic carbocycles. The Morgan fingerprint density at radius 2 is 1.81 bits per heavy atom. The SMILES string of the molecule is COc1cc(C(=O)N2CC(Oc3cc(C#N)ccn3)C2)cc(OC)c1OC. The molecule has 3 rings (SSSR count). The minimum absolute atomic E-state index is 0.159. The zero-order valence-corrected chi connectivity index (χ0v) is 15.3. The highest BCUT2D eigenvalue weighted by atomic mass is 16.5. The van der Waals surface area contributed by atoms with E-state index in [1.54, 1.807) is 29.2 Å². The summed E-state index contributed by atoms with van der Waals surface area (Å²) in [6, 6.07) is 8.46. The number of methoxy groups -OCH3 is 3. The van der Waals surface area contributed by atoms with Gasteiger partial charge >= 0.3 is 0 Å². The molecule has 27 heavy (non-hydrogen) atoms. The van der Waals surface area contributed by atoms with Gasteiger partial charge in [-0.25, -0.2) is 4.98 Å². The summed E-state index contributed by atoms with van der Waals surface area (Å²) < 4.78 is 21.6. The van der Waals surface area contributed by atoms with Crippen LogP contribution in [0.15, 0.2) is 30.5 Å². The average Bonchev–Trinajstić information content (AvgIpc) is 2.68. The highest BCUT2D eigenvalue weighted by Crippen LogP contribution is 2.38. The fourth-order valence-electron chi connectivity index (χ4n) is 2.78. The maximum Gasteiger partial charge on any atom is 0.254 e. The van der Waals surface area contributed by atoms with E-state index in [-0.39, 0.29) is 12.0 Å². The lowest BCUT2D eigenvalue weighted by Crippen LogP contribution is -2.56. The second-order valence-corrected chi connectivity index (χ2v) is 5.86. The maximum atomic E-state index is 12.7. The summed E-state index contributed by atoms with van der Waals surface area (Å²) in [6.07, 6.45) is 1.35. The van der Waals surface area contributed by atoms with Gasteiger partial charge in [0.05, 0.1) is 46.1 Å². The Labute approximate surface area is 156 Å². The first kappa shape index (κ1) is 18.3. The van der Waals surface area contributed by atoms with Gasteiger partial charge in [0, 0.05) is 17.8 Å². The molecule has 1 amide bonds. The number of hydrogen-bond donors (Lipinski definition) is 0. The molecule has 0 radical (unpaired) electrons. The van der Waals surface area contributed by atoms with Crippen molar-refractivity contribution in [3.05, 3.63) is 41.6 Å². The number of likely N-dealkylation sites (tertiary alicyclic amines) is 1. The summed E-state index contributed by atoms with van der Waals surface area (Å²) in [7, 11) is 4.51. The Kier molecular flexibility index (Phi) is 5.31. The third kappa shape index (κ3) is 3.72. The van der Waals surface area contributed by atoms with Gasteiger partial charge in [0.15, 0.2) is 11.5 Å². The van der Waals surface area contributed by atoms with E-state index in [1.165, 1.54) is 27.5 Å². The lowest BCUT2D eigenvalue weighted by Gasteiger charge is -2.38. The van der Waals surface area contributed by atoms with Gasteiger partial charge in [-0.05, 0) is 18.2 Å². The normalized spacial score (nSPS) is 13.3. The summed E-state index contributed by atoms with van der Waals surface area (Å²) in [4.78, 5) is 18.5. The van der Waals surface area contributed by atoms with Crippen LogP contribution in [-0.4, -0.2) is 56.3 Å². The summed E-state index contributed by atoms with van der Waals surface area (Å²) in [5.41, 5.74) is 0.914. The number of benzene rings is 1. The number of pyridine rings is 1. The lowest BCUT2D eigenvalue weighted by atomic mass is 10.1. The summed E-state index contributed by atoms with van der Waals surface area (Å²) in [5.74, 6) is 1.49. The molecule has 0 bridgehead atoms. The van der Waals surface area contributed by atoms with Crippen LogP contribution in [0.2, 0.25) is 0 Å². The van der Waals surface area contributed by atoms with E-state index in [2.05, 4.69) is 4.98 Å². The first-order chi connectivity index (χ1) is 13.1. The quantitative estimate of drug-likeness (QED) is 0.767. The predicted octanol–water partition coefficient (Wildman–Crippen LogP) is 1.88. The number of rotatable bonds is 6. The molecule has 1 aromatic heterocycles. The number of carbonyl (C=O) groups excluding carboxylic acids is 1. The number of hydrogen-bond acceptors (Lipinski definition) is 7. The van der Waals surface area contributed by atoms with Crippen molar-refractivity contribution >= 4 is 5.91 Å². The van der Waals surface area contributed by atoms with Gasteiger partial charge in [0.2, 0.25) is 11.6 Å². The summed E-state index contributed by atoms with van der Waals surface area (Å²) in [5, 5.41) is 8.92. The number of nitrogens with zero attached hydrogens (tertiary/aromatic N) is 3. The number of nitriles is 1. The molecule has 1 fully saturated rings. The van der Waals surface area contributed by atoms with Crippen molar-refractivity contribution < 1.29 is 23.7 Å². The molecule has 2 heterocycles. The van der Waals surface area contributed by atoms with Gasteiger partial charge in [0.1, 0.15) is 6.10 Å². The van der Waals surface area contributed by atoms with E-state index >= 15 is 0 Å². The van der Waals surface area contributed by atoms with E-state index in [1.807, 2.05) is 6.07 Å². The van der Waals surface area contributed by atoms with Crippen LogP contribution in [0.4, 0.5) is 0 Å². The average molecular weight is 369 g/mol. The van der Waals surface area contributed by atoms with Crippen LogP contribution in [-0.2, 0) is 0 Å². The fraction of sp³-hybridized carbons (Fsp3) is 0.316. The Bertz CT molecular complexity index is 862. The standard InChI is InChI=1S/C19H19N3O5/c1-24-15-7-13(8-16(25-2)18(15)26-3)19(23)22-10-14(11-22)27-17-6-12(9-20)4-5-21-17/h4-8,14H,10-11H2,1-3H3. The fourth-order valence-corrected chi connectivity index (χ4v) is 2.78. The van der Waals surface area contributed by atoms with Crippen LogP contribution in [0.25, 0.3) is 0 Å². The highest BCUT2D eigenvalue weighted by Gasteiger charge is 2.34. The van der Waals surface area contributed by atoms with Gasteiger partial charge in [-0.3, -0.25) is 4.79 Å². The maximum absolute atomic E-state index is 12.7. The van der Waals surface area contributed by atoms with Crippen molar-refractivity contribution in [3.8, 4) is 29.2 Å². The van der Waals surface area contributed by atoms with Gasteiger partial charge in [0.25, 0.3) is 5.91 Å². The molecule has 1 aliphatic rings. The predicted molar refractivity (Wildman–Crippen MR) is 95.4 cm³/mol. The molecule has 1 saturated heterocycles. The van der Waals surface area contributed by atoms with Gasteiger partial charge < -0.3 is 23.8 Å². The summed E-state index contributed by atoms with van der Waals surface area (Å²) >= 11 is 0. The molecule has 0 aliphatic carbocycles. The van der Waals surface area contributed by atoms with Crippen molar-refractivity contribution in [1.82, 2.24) is 9.88 Å². The molecule has 1 aliphatic heterocycles. The largest absolute Gasteiger partial charge is 0.493 e. The van der Waals surface area contributed by atoms with E-state index in [9.17, 15) is 4.79 Å². The van der Waals surface area contributed by atoms with Crippen LogP contribution in [0.1, 0.15) is 15.9 Å². The Morgan fingerprint density at radius 1 is 1.15 bits per heavy atom. The van der Waals surface area contributed by atoms with Crippen molar-refractivity contribution in [2.75, 3.05) is 34.4 Å². The molecule has 0 spiro atoms. The van der Waals surface area contributed by atoms with Gasteiger partial charge in [-0.1, -0.05) is 0 Å². The Balaban J connectivity index is 1.67. The molecule has 0 N–H and O–H groups in total. The van der Waals surface area contributed by atoms with Crippen LogP contribution < -0.4 is 18.9 Å². The zero-order chi connectivity index (χ0) is 19.4. The molecule has 8 nitrogen and oxygen atoms in total. The number of aromatic nitrogens is 1. The van der Waals surface area contributed by atoms with Crippen molar-refractivity contribution in [3.63, 3.8) is 0 Å². The van der Waals surface area contributed by atoms with Crippen LogP contribution >= 0.6 is 0 Å². The third-order valence-electron chi connectivity index (χ3n) is 4.20. The minimum Gasteiger partial charge on any atom is -0.493 e. The third-order valence-corrected chi connectivity index (χ3v) is 4.20. The van der Waals surface area contributed by atoms with E-state index in [0.29, 0.717) is 47.3 Å². The molecule has 0 saturated carbocycles. The minimum atomic E-state index is -0.169. The van der Waals surface area contributed by atoms with Gasteiger partial charge in [-0.15, -0.1) is 0 Å². The van der Waals surface area contributed by atoms with E-state index in [0.717, 1.165) is 0 Å². The molecule has 2 aromatic rings. The van der Waals surface area contributed by atoms with E-state index < -0.39 is 0 Å². The highest BCUT2D eigenvalue weighted by molar-refractivity contribution is 5.96. The van der Waals surface area contributed by atoms with Crippen molar-refractivity contribution in [1.29, 1.82) is 5.26 Å². The number of amides is 1. The first-order valence-corrected chi connectivity index (χ1v) is 8.21. The first-order valence-electron chi connectivity index (χ1n) is 8.21. The van der Waals surface area contributed by atoms with Crippen molar-refractivity contribution in [2.45, 2.75) is 6.10 Å². The molecule has 140 valence electrons. The summed E-state index contributed by atoms with van der Waals surface area (Å²) in [6.45, 7) is 0.849. The van der Waals surface area contributed by atoms with Crippen molar-refractivity contribution in [2.24, 2.45) is 0 Å². The number of ether oxygens (including phenoxy) is 4. The molecule has 0 unspecified atom stereocenters. The molecule has 8 heteroatoms.